The van der Waals surface area contributed by atoms with Gasteiger partial charge in [-0.05, 0) is 49.1 Å². The van der Waals surface area contributed by atoms with Crippen molar-refractivity contribution in [1.82, 2.24) is 5.32 Å². The first-order valence-corrected chi connectivity index (χ1v) is 6.48. The SMILES string of the molecule is CCCNC1CCc2cc(OCC(N)=O)ccc21. The fraction of sp³-hybridized carbons (Fsp3) is 0.500. The number of carbonyl (C=O) groups is 1. The van der Waals surface area contributed by atoms with Gasteiger partial charge in [0.25, 0.3) is 5.91 Å². The predicted molar refractivity (Wildman–Crippen MR) is 70.5 cm³/mol. The molecule has 18 heavy (non-hydrogen) atoms. The Morgan fingerprint density at radius 1 is 1.56 bits per heavy atom. The molecule has 4 nitrogen and oxygen atoms in total. The predicted octanol–water partition coefficient (Wildman–Crippen LogP) is 1.54. The molecule has 0 aliphatic heterocycles. The van der Waals surface area contributed by atoms with Crippen LogP contribution in [0.4, 0.5) is 0 Å². The normalized spacial score (nSPS) is 17.5. The lowest BCUT2D eigenvalue weighted by Crippen LogP contribution is -2.20. The number of carbonyl (C=O) groups excluding carboxylic acids is 1. The van der Waals surface area contributed by atoms with Crippen LogP contribution in [0, 0.1) is 0 Å². The summed E-state index contributed by atoms with van der Waals surface area (Å²) >= 11 is 0. The Kier molecular flexibility index (Phi) is 4.20. The Hall–Kier alpha value is -1.55. The van der Waals surface area contributed by atoms with E-state index in [1.807, 2.05) is 12.1 Å². The smallest absolute Gasteiger partial charge is 0.255 e. The van der Waals surface area contributed by atoms with Crippen LogP contribution < -0.4 is 15.8 Å². The molecule has 0 radical (unpaired) electrons. The lowest BCUT2D eigenvalue weighted by atomic mass is 10.1. The number of primary amides is 1. The van der Waals surface area contributed by atoms with E-state index in [1.165, 1.54) is 11.1 Å². The van der Waals surface area contributed by atoms with Crippen LogP contribution in [0.15, 0.2) is 18.2 Å². The number of hydrogen-bond donors (Lipinski definition) is 2. The van der Waals surface area contributed by atoms with Gasteiger partial charge in [-0.15, -0.1) is 0 Å². The highest BCUT2D eigenvalue weighted by Gasteiger charge is 2.21. The summed E-state index contributed by atoms with van der Waals surface area (Å²) in [5, 5.41) is 3.54. The minimum atomic E-state index is -0.446. The fourth-order valence-corrected chi connectivity index (χ4v) is 2.37. The summed E-state index contributed by atoms with van der Waals surface area (Å²) in [6.45, 7) is 3.16. The largest absolute Gasteiger partial charge is 0.484 e. The van der Waals surface area contributed by atoms with Gasteiger partial charge in [-0.25, -0.2) is 0 Å². The van der Waals surface area contributed by atoms with E-state index in [2.05, 4.69) is 18.3 Å². The molecule has 1 aliphatic carbocycles. The number of nitrogens with two attached hydrogens (primary N) is 1. The van der Waals surface area contributed by atoms with Crippen molar-refractivity contribution in [3.63, 3.8) is 0 Å². The maximum absolute atomic E-state index is 10.7. The minimum Gasteiger partial charge on any atom is -0.484 e. The Morgan fingerprint density at radius 3 is 3.11 bits per heavy atom. The van der Waals surface area contributed by atoms with E-state index in [0.29, 0.717) is 6.04 Å². The lowest BCUT2D eigenvalue weighted by Gasteiger charge is -2.13. The van der Waals surface area contributed by atoms with Crippen molar-refractivity contribution in [1.29, 1.82) is 0 Å². The zero-order chi connectivity index (χ0) is 13.0. The van der Waals surface area contributed by atoms with Crippen LogP contribution in [0.5, 0.6) is 5.75 Å². The first kappa shape index (κ1) is 12.9. The van der Waals surface area contributed by atoms with Crippen LogP contribution in [0.3, 0.4) is 0 Å². The number of aryl methyl sites for hydroxylation is 1. The standard InChI is InChI=1S/C14H20N2O2/c1-2-7-16-13-6-3-10-8-11(4-5-12(10)13)18-9-14(15)17/h4-5,8,13,16H,2-3,6-7,9H2,1H3,(H2,15,17). The van der Waals surface area contributed by atoms with E-state index in [4.69, 9.17) is 10.5 Å². The summed E-state index contributed by atoms with van der Waals surface area (Å²) in [6, 6.07) is 6.48. The van der Waals surface area contributed by atoms with Gasteiger partial charge in [-0.1, -0.05) is 13.0 Å². The van der Waals surface area contributed by atoms with Crippen LogP contribution in [0.25, 0.3) is 0 Å². The van der Waals surface area contributed by atoms with Crippen LogP contribution in [0.1, 0.15) is 36.9 Å². The molecule has 1 unspecified atom stereocenters. The second-order valence-electron chi connectivity index (χ2n) is 4.66. The number of rotatable bonds is 6. The van der Waals surface area contributed by atoms with E-state index < -0.39 is 5.91 Å². The van der Waals surface area contributed by atoms with Crippen LogP contribution in [0.2, 0.25) is 0 Å². The number of fused-ring (bicyclic) bond motifs is 1. The summed E-state index contributed by atoms with van der Waals surface area (Å²) < 4.78 is 5.31. The van der Waals surface area contributed by atoms with Gasteiger partial charge in [-0.2, -0.15) is 0 Å². The highest BCUT2D eigenvalue weighted by molar-refractivity contribution is 5.75. The Balaban J connectivity index is 2.03. The van der Waals surface area contributed by atoms with Gasteiger partial charge in [-0.3, -0.25) is 4.79 Å². The van der Waals surface area contributed by atoms with Crippen molar-refractivity contribution in [3.8, 4) is 5.75 Å². The van der Waals surface area contributed by atoms with E-state index in [0.717, 1.165) is 31.6 Å². The maximum atomic E-state index is 10.7. The molecule has 0 saturated heterocycles. The molecule has 0 spiro atoms. The van der Waals surface area contributed by atoms with Gasteiger partial charge in [0, 0.05) is 6.04 Å². The van der Waals surface area contributed by atoms with Crippen molar-refractivity contribution in [2.45, 2.75) is 32.2 Å². The van der Waals surface area contributed by atoms with E-state index in [9.17, 15) is 4.79 Å². The second kappa shape index (κ2) is 5.87. The molecule has 1 amide bonds. The molecule has 2 rings (SSSR count). The average Bonchev–Trinajstić information content (AvgIpc) is 2.76. The number of benzene rings is 1. The first-order valence-electron chi connectivity index (χ1n) is 6.48. The molecule has 3 N–H and O–H groups in total. The molecule has 0 fully saturated rings. The quantitative estimate of drug-likeness (QED) is 0.802. The number of amides is 1. The monoisotopic (exact) mass is 248 g/mol. The first-order chi connectivity index (χ1) is 8.70. The van der Waals surface area contributed by atoms with Gasteiger partial charge in [0.15, 0.2) is 6.61 Å². The summed E-state index contributed by atoms with van der Waals surface area (Å²) in [7, 11) is 0. The maximum Gasteiger partial charge on any atom is 0.255 e. The van der Waals surface area contributed by atoms with Gasteiger partial charge >= 0.3 is 0 Å². The third-order valence-electron chi connectivity index (χ3n) is 3.21. The third-order valence-corrected chi connectivity index (χ3v) is 3.21. The highest BCUT2D eigenvalue weighted by atomic mass is 16.5. The topological polar surface area (TPSA) is 64.3 Å². The molecule has 1 aromatic carbocycles. The second-order valence-corrected chi connectivity index (χ2v) is 4.66. The average molecular weight is 248 g/mol. The van der Waals surface area contributed by atoms with Crippen molar-refractivity contribution < 1.29 is 9.53 Å². The molecule has 0 aromatic heterocycles. The number of hydrogen-bond acceptors (Lipinski definition) is 3. The highest BCUT2D eigenvalue weighted by Crippen LogP contribution is 2.33. The molecule has 0 bridgehead atoms. The van der Waals surface area contributed by atoms with E-state index in [-0.39, 0.29) is 6.61 Å². The van der Waals surface area contributed by atoms with Gasteiger partial charge < -0.3 is 15.8 Å². The molecule has 0 saturated carbocycles. The number of ether oxygens (including phenoxy) is 1. The fourth-order valence-electron chi connectivity index (χ4n) is 2.37. The van der Waals surface area contributed by atoms with Crippen molar-refractivity contribution in [2.24, 2.45) is 5.73 Å². The molecule has 0 heterocycles. The molecule has 98 valence electrons. The summed E-state index contributed by atoms with van der Waals surface area (Å²) in [5.41, 5.74) is 7.72. The lowest BCUT2D eigenvalue weighted by molar-refractivity contribution is -0.119. The summed E-state index contributed by atoms with van der Waals surface area (Å²) in [5.74, 6) is 0.279. The Morgan fingerprint density at radius 2 is 2.39 bits per heavy atom. The summed E-state index contributed by atoms with van der Waals surface area (Å²) in [6.07, 6.45) is 3.34. The van der Waals surface area contributed by atoms with Crippen molar-refractivity contribution >= 4 is 5.91 Å². The van der Waals surface area contributed by atoms with Gasteiger partial charge in [0.2, 0.25) is 0 Å². The van der Waals surface area contributed by atoms with E-state index in [1.54, 1.807) is 0 Å². The van der Waals surface area contributed by atoms with Gasteiger partial charge in [0.1, 0.15) is 5.75 Å². The molecular formula is C14H20N2O2. The Labute approximate surface area is 108 Å². The Bertz CT molecular complexity index is 432. The summed E-state index contributed by atoms with van der Waals surface area (Å²) in [4.78, 5) is 10.7. The van der Waals surface area contributed by atoms with Crippen LogP contribution in [-0.2, 0) is 11.2 Å². The molecule has 4 heteroatoms. The van der Waals surface area contributed by atoms with Gasteiger partial charge in [0.05, 0.1) is 0 Å². The molecule has 1 atom stereocenters. The van der Waals surface area contributed by atoms with Crippen LogP contribution >= 0.6 is 0 Å². The zero-order valence-corrected chi connectivity index (χ0v) is 10.7. The van der Waals surface area contributed by atoms with Crippen molar-refractivity contribution in [3.05, 3.63) is 29.3 Å². The molecular weight excluding hydrogens is 228 g/mol. The van der Waals surface area contributed by atoms with E-state index >= 15 is 0 Å². The third kappa shape index (κ3) is 3.01. The minimum absolute atomic E-state index is 0.0592. The van der Waals surface area contributed by atoms with Crippen molar-refractivity contribution in [2.75, 3.05) is 13.2 Å². The molecule has 1 aliphatic rings. The zero-order valence-electron chi connectivity index (χ0n) is 10.7. The molecule has 1 aromatic rings. The number of nitrogens with one attached hydrogen (secondary N) is 1. The van der Waals surface area contributed by atoms with Crippen LogP contribution in [-0.4, -0.2) is 19.1 Å².